The van der Waals surface area contributed by atoms with Crippen molar-refractivity contribution in [1.82, 2.24) is 20.0 Å². The van der Waals surface area contributed by atoms with Crippen LogP contribution in [0.5, 0.6) is 0 Å². The predicted octanol–water partition coefficient (Wildman–Crippen LogP) is 7.52. The van der Waals surface area contributed by atoms with Gasteiger partial charge in [0.25, 0.3) is 0 Å². The van der Waals surface area contributed by atoms with Gasteiger partial charge in [-0.1, -0.05) is 59.3 Å². The Kier molecular flexibility index (Phi) is 7.74. The molecule has 0 saturated heterocycles. The SMILES string of the molecule is [2H][C@](Nc1cc(Cl)c2ncc(C#N)c(N[C@H](CCC#N)c3ccccc3)c2c1)(c1cn(C2CC2)nn1)c1cccc(C#N)c1C. The molecule has 3 aromatic carbocycles. The number of aromatic nitrogens is 4. The van der Waals surface area contributed by atoms with Gasteiger partial charge >= 0.3 is 0 Å². The molecule has 2 N–H and O–H groups in total. The predicted molar refractivity (Wildman–Crippen MR) is 169 cm³/mol. The summed E-state index contributed by atoms with van der Waals surface area (Å²) < 4.78 is 11.6. The van der Waals surface area contributed by atoms with Crippen molar-refractivity contribution in [3.05, 3.63) is 112 Å². The Morgan fingerprint density at radius 2 is 1.84 bits per heavy atom. The van der Waals surface area contributed by atoms with Crippen molar-refractivity contribution >= 4 is 33.9 Å². The number of fused-ring (bicyclic) bond motifs is 1. The molecule has 2 atom stereocenters. The molecule has 2 heterocycles. The topological polar surface area (TPSA) is 139 Å². The average molecular weight is 599 g/mol. The van der Waals surface area contributed by atoms with Gasteiger partial charge in [0.2, 0.25) is 0 Å². The Morgan fingerprint density at radius 3 is 2.57 bits per heavy atom. The number of nitriles is 3. The number of halogens is 1. The van der Waals surface area contributed by atoms with Crippen LogP contribution in [0.2, 0.25) is 5.02 Å². The molecule has 6 rings (SSSR count). The summed E-state index contributed by atoms with van der Waals surface area (Å²) in [4.78, 5) is 4.49. The minimum atomic E-state index is -1.64. The second kappa shape index (κ2) is 12.4. The van der Waals surface area contributed by atoms with Crippen LogP contribution in [0.4, 0.5) is 11.4 Å². The van der Waals surface area contributed by atoms with Crippen LogP contribution in [0.1, 0.15) is 78.7 Å². The smallest absolute Gasteiger partial charge is 0.109 e. The molecule has 5 aromatic rings. The number of anilines is 2. The van der Waals surface area contributed by atoms with E-state index in [4.69, 9.17) is 11.6 Å². The molecule has 10 heteroatoms. The number of hydrogen-bond donors (Lipinski definition) is 2. The van der Waals surface area contributed by atoms with Crippen LogP contribution in [-0.2, 0) is 0 Å². The van der Waals surface area contributed by atoms with Gasteiger partial charge in [-0.3, -0.25) is 4.98 Å². The Morgan fingerprint density at radius 1 is 1.05 bits per heavy atom. The van der Waals surface area contributed by atoms with E-state index in [-0.39, 0.29) is 12.1 Å². The number of hydrogen-bond acceptors (Lipinski definition) is 8. The van der Waals surface area contributed by atoms with E-state index in [0.29, 0.717) is 68.1 Å². The molecule has 1 fully saturated rings. The molecule has 0 spiro atoms. The Balaban J connectivity index is 1.49. The molecule has 216 valence electrons. The van der Waals surface area contributed by atoms with Gasteiger partial charge in [-0.05, 0) is 61.1 Å². The third-order valence-electron chi connectivity index (χ3n) is 7.79. The average Bonchev–Trinajstić information content (AvgIpc) is 3.78. The lowest BCUT2D eigenvalue weighted by molar-refractivity contribution is 0.610. The first-order valence-electron chi connectivity index (χ1n) is 14.8. The Labute approximate surface area is 261 Å². The summed E-state index contributed by atoms with van der Waals surface area (Å²) in [5.74, 6) is 0. The minimum absolute atomic E-state index is 0.261. The van der Waals surface area contributed by atoms with Crippen molar-refractivity contribution in [3.63, 3.8) is 0 Å². The lowest BCUT2D eigenvalue weighted by Crippen LogP contribution is -2.15. The van der Waals surface area contributed by atoms with Gasteiger partial charge in [-0.2, -0.15) is 15.8 Å². The standard InChI is InChI=1S/C34H28ClN9/c1-21-23(17-37)9-5-10-27(21)34(31-20-44(43-42-31)26-12-13-26)40-25-15-28-32(24(18-38)19-39-33(28)29(35)16-25)41-30(11-6-14-36)22-7-3-2-4-8-22/h2-5,7-10,15-16,19-20,26,30,34,40H,6,11-13H2,1H3,(H,39,41)/t30-,34-/m1/s1/i34D. The highest BCUT2D eigenvalue weighted by Gasteiger charge is 2.28. The fraction of sp³-hybridized carbons (Fsp3) is 0.235. The zero-order valence-electron chi connectivity index (χ0n) is 24.9. The van der Waals surface area contributed by atoms with E-state index in [1.165, 1.54) is 6.20 Å². The summed E-state index contributed by atoms with van der Waals surface area (Å²) >= 11 is 6.83. The number of nitrogens with one attached hydrogen (secondary N) is 2. The van der Waals surface area contributed by atoms with Crippen molar-refractivity contribution in [2.24, 2.45) is 0 Å². The first kappa shape index (κ1) is 27.4. The van der Waals surface area contributed by atoms with Gasteiger partial charge in [0.1, 0.15) is 11.8 Å². The maximum Gasteiger partial charge on any atom is 0.109 e. The van der Waals surface area contributed by atoms with Gasteiger partial charge in [0, 0.05) is 23.7 Å². The van der Waals surface area contributed by atoms with Gasteiger partial charge in [-0.15, -0.1) is 5.10 Å². The number of nitrogens with zero attached hydrogens (tertiary/aromatic N) is 7. The second-order valence-electron chi connectivity index (χ2n) is 10.7. The van der Waals surface area contributed by atoms with E-state index in [2.05, 4.69) is 44.1 Å². The van der Waals surface area contributed by atoms with Gasteiger partial charge in [0.15, 0.2) is 0 Å². The zero-order valence-corrected chi connectivity index (χ0v) is 24.7. The highest BCUT2D eigenvalue weighted by atomic mass is 35.5. The first-order valence-corrected chi connectivity index (χ1v) is 14.7. The monoisotopic (exact) mass is 598 g/mol. The molecular weight excluding hydrogens is 570 g/mol. The van der Waals surface area contributed by atoms with Crippen LogP contribution < -0.4 is 10.6 Å². The number of pyridine rings is 1. The highest BCUT2D eigenvalue weighted by molar-refractivity contribution is 6.35. The van der Waals surface area contributed by atoms with E-state index in [1.807, 2.05) is 43.3 Å². The molecule has 0 unspecified atom stereocenters. The molecule has 0 bridgehead atoms. The fourth-order valence-corrected chi connectivity index (χ4v) is 5.58. The molecular formula is C34H28ClN9. The van der Waals surface area contributed by atoms with Crippen LogP contribution in [0.3, 0.4) is 0 Å². The van der Waals surface area contributed by atoms with Crippen molar-refractivity contribution in [2.45, 2.75) is 50.7 Å². The lowest BCUT2D eigenvalue weighted by Gasteiger charge is -2.23. The summed E-state index contributed by atoms with van der Waals surface area (Å²) in [6.45, 7) is 1.81. The van der Waals surface area contributed by atoms with Crippen LogP contribution in [-0.4, -0.2) is 20.0 Å². The maximum atomic E-state index is 10.1. The third-order valence-corrected chi connectivity index (χ3v) is 8.08. The molecule has 44 heavy (non-hydrogen) atoms. The van der Waals surface area contributed by atoms with E-state index in [9.17, 15) is 17.2 Å². The van der Waals surface area contributed by atoms with Crippen LogP contribution in [0.15, 0.2) is 73.1 Å². The molecule has 0 aliphatic heterocycles. The summed E-state index contributed by atoms with van der Waals surface area (Å²) in [6.07, 6.45) is 6.11. The van der Waals surface area contributed by atoms with Crippen LogP contribution in [0.25, 0.3) is 10.9 Å². The maximum absolute atomic E-state index is 10.1. The fourth-order valence-electron chi connectivity index (χ4n) is 5.31. The molecule has 2 aromatic heterocycles. The second-order valence-corrected chi connectivity index (χ2v) is 11.1. The molecule has 0 radical (unpaired) electrons. The first-order chi connectivity index (χ1) is 21.9. The summed E-state index contributed by atoms with van der Waals surface area (Å²) in [5.41, 5.74) is 4.79. The summed E-state index contributed by atoms with van der Waals surface area (Å²) in [5, 5.41) is 45.7. The van der Waals surface area contributed by atoms with Crippen LogP contribution in [0, 0.1) is 40.9 Å². The number of rotatable bonds is 10. The van der Waals surface area contributed by atoms with E-state index in [1.54, 1.807) is 35.1 Å². The van der Waals surface area contributed by atoms with Crippen molar-refractivity contribution in [3.8, 4) is 18.2 Å². The molecule has 1 aliphatic rings. The zero-order chi connectivity index (χ0) is 31.6. The van der Waals surface area contributed by atoms with E-state index < -0.39 is 6.02 Å². The van der Waals surface area contributed by atoms with E-state index >= 15 is 0 Å². The van der Waals surface area contributed by atoms with Crippen molar-refractivity contribution < 1.29 is 1.37 Å². The Bertz CT molecular complexity index is 2020. The van der Waals surface area contributed by atoms with Crippen LogP contribution >= 0.6 is 11.6 Å². The molecule has 1 aliphatic carbocycles. The summed E-state index contributed by atoms with van der Waals surface area (Å²) in [7, 11) is 0. The normalized spacial score (nSPS) is 14.8. The lowest BCUT2D eigenvalue weighted by atomic mass is 9.95. The summed E-state index contributed by atoms with van der Waals surface area (Å²) in [6, 6.07) is 23.5. The number of benzene rings is 3. The minimum Gasteiger partial charge on any atom is -0.377 e. The molecule has 1 saturated carbocycles. The van der Waals surface area contributed by atoms with Gasteiger partial charge < -0.3 is 10.6 Å². The van der Waals surface area contributed by atoms with Gasteiger partial charge in [0.05, 0.1) is 65.2 Å². The Hall–Kier alpha value is -5.43. The highest BCUT2D eigenvalue weighted by Crippen LogP contribution is 2.39. The molecule has 9 nitrogen and oxygen atoms in total. The third kappa shape index (κ3) is 5.77. The van der Waals surface area contributed by atoms with Crippen molar-refractivity contribution in [1.29, 1.82) is 15.8 Å². The van der Waals surface area contributed by atoms with Gasteiger partial charge in [-0.25, -0.2) is 4.68 Å². The van der Waals surface area contributed by atoms with E-state index in [0.717, 1.165) is 18.4 Å². The van der Waals surface area contributed by atoms with Crippen molar-refractivity contribution in [2.75, 3.05) is 10.6 Å². The quantitative estimate of drug-likeness (QED) is 0.168. The largest absolute Gasteiger partial charge is 0.377 e. The molecule has 0 amide bonds.